The molecule has 34 heavy (non-hydrogen) atoms. The minimum absolute atomic E-state index is 0.209. The molecule has 3 rings (SSSR count). The molecule has 1 unspecified atom stereocenters. The minimum Gasteiger partial charge on any atom is -0.496 e. The normalized spacial score (nSPS) is 12.4. The van der Waals surface area contributed by atoms with E-state index >= 15 is 0 Å². The van der Waals surface area contributed by atoms with Crippen molar-refractivity contribution in [1.29, 1.82) is 0 Å². The molecule has 3 aromatic rings. The van der Waals surface area contributed by atoms with Gasteiger partial charge >= 0.3 is 0 Å². The maximum Gasteiger partial charge on any atom is 0.261 e. The summed E-state index contributed by atoms with van der Waals surface area (Å²) in [6, 6.07) is 11.3. The molecule has 1 heterocycles. The summed E-state index contributed by atoms with van der Waals surface area (Å²) < 4.78 is 24.1. The van der Waals surface area contributed by atoms with Crippen molar-refractivity contribution in [3.05, 3.63) is 59.7 Å². The zero-order valence-electron chi connectivity index (χ0n) is 19.2. The van der Waals surface area contributed by atoms with Crippen LogP contribution in [0.4, 0.5) is 10.1 Å². The van der Waals surface area contributed by atoms with Crippen molar-refractivity contribution >= 4 is 40.1 Å². The Morgan fingerprint density at radius 2 is 2.03 bits per heavy atom. The van der Waals surface area contributed by atoms with Crippen molar-refractivity contribution < 1.29 is 18.4 Å². The summed E-state index contributed by atoms with van der Waals surface area (Å²) in [7, 11) is 1.54. The second-order valence-electron chi connectivity index (χ2n) is 7.43. The summed E-state index contributed by atoms with van der Waals surface area (Å²) in [5.74, 6) is 0.912. The van der Waals surface area contributed by atoms with E-state index in [-0.39, 0.29) is 11.7 Å². The predicted octanol–water partition coefficient (Wildman–Crippen LogP) is 5.85. The SMILES string of the molecule is COc1cc(N=C(NC(=O)C(CCCCCl)c2ccc(F)cc2)SC)ccc1-c1nc(C)no1. The lowest BCUT2D eigenvalue weighted by molar-refractivity contribution is -0.121. The van der Waals surface area contributed by atoms with Gasteiger partial charge in [-0.3, -0.25) is 4.79 Å². The maximum atomic E-state index is 13.4. The second kappa shape index (κ2) is 12.5. The van der Waals surface area contributed by atoms with E-state index in [1.807, 2.05) is 6.26 Å². The molecule has 1 N–H and O–H groups in total. The molecular weight excluding hydrogens is 479 g/mol. The number of nitrogens with one attached hydrogen (secondary N) is 1. The van der Waals surface area contributed by atoms with Gasteiger partial charge in [0.1, 0.15) is 11.6 Å². The van der Waals surface area contributed by atoms with Crippen molar-refractivity contribution in [3.63, 3.8) is 0 Å². The van der Waals surface area contributed by atoms with Gasteiger partial charge in [-0.25, -0.2) is 9.38 Å². The van der Waals surface area contributed by atoms with Crippen molar-refractivity contribution in [2.24, 2.45) is 4.99 Å². The summed E-state index contributed by atoms with van der Waals surface area (Å²) in [6.07, 6.45) is 3.99. The van der Waals surface area contributed by atoms with Gasteiger partial charge in [0.05, 0.1) is 24.3 Å². The van der Waals surface area contributed by atoms with Crippen LogP contribution in [0.1, 0.15) is 36.6 Å². The number of alkyl halides is 1. The van der Waals surface area contributed by atoms with Gasteiger partial charge in [-0.05, 0) is 55.9 Å². The van der Waals surface area contributed by atoms with Crippen LogP contribution in [0.15, 0.2) is 52.0 Å². The van der Waals surface area contributed by atoms with Crippen LogP contribution in [0.25, 0.3) is 11.5 Å². The topological polar surface area (TPSA) is 89.6 Å². The maximum absolute atomic E-state index is 13.4. The van der Waals surface area contributed by atoms with Crippen LogP contribution < -0.4 is 10.1 Å². The summed E-state index contributed by atoms with van der Waals surface area (Å²) in [4.78, 5) is 22.0. The quantitative estimate of drug-likeness (QED) is 0.170. The molecule has 0 bridgehead atoms. The van der Waals surface area contributed by atoms with E-state index in [0.29, 0.717) is 46.2 Å². The van der Waals surface area contributed by atoms with E-state index in [4.69, 9.17) is 20.9 Å². The van der Waals surface area contributed by atoms with Crippen molar-refractivity contribution in [2.45, 2.75) is 32.1 Å². The average molecular weight is 505 g/mol. The largest absolute Gasteiger partial charge is 0.496 e. The number of ether oxygens (including phenoxy) is 1. The molecule has 0 aliphatic heterocycles. The van der Waals surface area contributed by atoms with Gasteiger partial charge < -0.3 is 14.6 Å². The first-order chi connectivity index (χ1) is 16.4. The van der Waals surface area contributed by atoms with E-state index in [0.717, 1.165) is 18.4 Å². The van der Waals surface area contributed by atoms with Crippen LogP contribution in [-0.2, 0) is 4.79 Å². The lowest BCUT2D eigenvalue weighted by Gasteiger charge is -2.17. The lowest BCUT2D eigenvalue weighted by Crippen LogP contribution is -2.33. The lowest BCUT2D eigenvalue weighted by atomic mass is 9.93. The number of carbonyl (C=O) groups is 1. The number of rotatable bonds is 9. The molecular formula is C24H26ClFN4O3S. The van der Waals surface area contributed by atoms with Crippen LogP contribution >= 0.6 is 23.4 Å². The molecule has 0 aliphatic rings. The van der Waals surface area contributed by atoms with Crippen molar-refractivity contribution in [1.82, 2.24) is 15.5 Å². The number of hydrogen-bond donors (Lipinski definition) is 1. The van der Waals surface area contributed by atoms with Crippen LogP contribution in [0, 0.1) is 12.7 Å². The highest BCUT2D eigenvalue weighted by atomic mass is 35.5. The molecule has 7 nitrogen and oxygen atoms in total. The zero-order valence-corrected chi connectivity index (χ0v) is 20.8. The fourth-order valence-electron chi connectivity index (χ4n) is 3.35. The Balaban J connectivity index is 1.81. The number of benzene rings is 2. The number of thioether (sulfide) groups is 1. The van der Waals surface area contributed by atoms with E-state index in [1.54, 1.807) is 44.4 Å². The van der Waals surface area contributed by atoms with Crippen molar-refractivity contribution in [3.8, 4) is 17.2 Å². The fourth-order valence-corrected chi connectivity index (χ4v) is 3.94. The number of carbonyl (C=O) groups excluding carboxylic acids is 1. The molecule has 0 aliphatic carbocycles. The monoisotopic (exact) mass is 504 g/mol. The third-order valence-corrected chi connectivity index (χ3v) is 5.91. The Morgan fingerprint density at radius 1 is 1.26 bits per heavy atom. The van der Waals surface area contributed by atoms with Gasteiger partial charge in [0.25, 0.3) is 5.89 Å². The number of halogens is 2. The van der Waals surface area contributed by atoms with Gasteiger partial charge in [-0.2, -0.15) is 4.98 Å². The number of hydrogen-bond acceptors (Lipinski definition) is 7. The first-order valence-corrected chi connectivity index (χ1v) is 12.4. The Labute approximate surface area is 207 Å². The first-order valence-electron chi connectivity index (χ1n) is 10.7. The Kier molecular flexibility index (Phi) is 9.47. The van der Waals surface area contributed by atoms with E-state index in [1.165, 1.54) is 23.9 Å². The summed E-state index contributed by atoms with van der Waals surface area (Å²) in [6.45, 7) is 1.74. The standard InChI is InChI=1S/C24H26ClFN4O3S/c1-15-27-23(33-30-15)20-12-11-18(14-21(20)32-2)28-24(34-3)29-22(31)19(6-4-5-13-25)16-7-9-17(26)10-8-16/h7-12,14,19H,4-6,13H2,1-3H3,(H,28,29,31). The van der Waals surface area contributed by atoms with Gasteiger partial charge in [0.15, 0.2) is 11.0 Å². The first kappa shape index (κ1) is 25.7. The Morgan fingerprint density at radius 3 is 2.65 bits per heavy atom. The third-order valence-electron chi connectivity index (χ3n) is 5.06. The number of nitrogens with zero attached hydrogens (tertiary/aromatic N) is 3. The molecule has 0 fully saturated rings. The summed E-state index contributed by atoms with van der Waals surface area (Å²) in [5.41, 5.74) is 1.98. The van der Waals surface area contributed by atoms with Gasteiger partial charge in [0, 0.05) is 11.9 Å². The Bertz CT molecular complexity index is 1140. The molecule has 0 saturated heterocycles. The van der Waals surface area contributed by atoms with Crippen LogP contribution in [0.5, 0.6) is 5.75 Å². The molecule has 0 spiro atoms. The minimum atomic E-state index is -0.446. The summed E-state index contributed by atoms with van der Waals surface area (Å²) in [5, 5.41) is 7.15. The van der Waals surface area contributed by atoms with Gasteiger partial charge in [-0.1, -0.05) is 35.5 Å². The molecule has 180 valence electrons. The number of aliphatic imine (C=N–C) groups is 1. The number of aromatic nitrogens is 2. The number of methoxy groups -OCH3 is 1. The number of amidine groups is 1. The highest BCUT2D eigenvalue weighted by Gasteiger charge is 2.22. The highest BCUT2D eigenvalue weighted by molar-refractivity contribution is 8.13. The smallest absolute Gasteiger partial charge is 0.261 e. The highest BCUT2D eigenvalue weighted by Crippen LogP contribution is 2.33. The molecule has 1 amide bonds. The van der Waals surface area contributed by atoms with Gasteiger partial charge in [0.2, 0.25) is 5.91 Å². The van der Waals surface area contributed by atoms with E-state index in [2.05, 4.69) is 20.4 Å². The molecule has 1 aromatic heterocycles. The van der Waals surface area contributed by atoms with Crippen molar-refractivity contribution in [2.75, 3.05) is 19.2 Å². The molecule has 0 radical (unpaired) electrons. The molecule has 10 heteroatoms. The zero-order chi connectivity index (χ0) is 24.5. The van der Waals surface area contributed by atoms with Gasteiger partial charge in [-0.15, -0.1) is 11.6 Å². The third kappa shape index (κ3) is 6.80. The van der Waals surface area contributed by atoms with Crippen LogP contribution in [-0.4, -0.2) is 40.5 Å². The second-order valence-corrected chi connectivity index (χ2v) is 8.60. The van der Waals surface area contributed by atoms with Crippen LogP contribution in [0.3, 0.4) is 0 Å². The molecule has 1 atom stereocenters. The fraction of sp³-hybridized carbons (Fsp3) is 0.333. The van der Waals surface area contributed by atoms with Crippen LogP contribution in [0.2, 0.25) is 0 Å². The number of unbranched alkanes of at least 4 members (excludes halogenated alkanes) is 1. The molecule has 0 saturated carbocycles. The average Bonchev–Trinajstić information content (AvgIpc) is 3.28. The van der Waals surface area contributed by atoms with E-state index in [9.17, 15) is 9.18 Å². The summed E-state index contributed by atoms with van der Waals surface area (Å²) >= 11 is 7.12. The number of aryl methyl sites for hydroxylation is 1. The molecule has 2 aromatic carbocycles. The number of amides is 1. The van der Waals surface area contributed by atoms with E-state index < -0.39 is 5.92 Å². The predicted molar refractivity (Wildman–Crippen MR) is 133 cm³/mol. The Hall–Kier alpha value is -2.91.